The molecule has 0 saturated carbocycles. The van der Waals surface area contributed by atoms with Gasteiger partial charge in [-0.25, -0.2) is 18.6 Å². The average Bonchev–Trinajstić information content (AvgIpc) is 3.64. The number of carbonyl (C=O) groups excluding carboxylic acids is 1. The molecule has 8 nitrogen and oxygen atoms in total. The Labute approximate surface area is 262 Å². The van der Waals surface area contributed by atoms with Gasteiger partial charge < -0.3 is 15.0 Å². The third-order valence-corrected chi connectivity index (χ3v) is 8.87. The van der Waals surface area contributed by atoms with Gasteiger partial charge in [0.2, 0.25) is 5.95 Å². The molecule has 45 heavy (non-hydrogen) atoms. The molecule has 3 aromatic carbocycles. The highest BCUT2D eigenvalue weighted by Gasteiger charge is 2.36. The number of carbonyl (C=O) groups is 2. The number of anilines is 1. The standard InChI is InChI=1S/C35H41F2N5O3/c1-22(35(2,3)4)42(34(44)45)30(19-23-9-6-5-7-10-23)26-16-17-29-28(20-26)39-33(41(29)21-27-11-8-18-38-27)40-32(43)25-14-12-24(13-15-25)31(36)37/h5-7,9-10,12-17,20,22,27,30-31,38H,8,11,18-19,21H2,1-4H3,(H,44,45)(H,39,40,43). The molecule has 0 spiro atoms. The Balaban J connectivity index is 1.56. The maximum absolute atomic E-state index is 13.2. The Hall–Kier alpha value is -4.31. The predicted molar refractivity (Wildman–Crippen MR) is 172 cm³/mol. The molecule has 3 N–H and O–H groups in total. The van der Waals surface area contributed by atoms with Gasteiger partial charge in [0.1, 0.15) is 0 Å². The van der Waals surface area contributed by atoms with Gasteiger partial charge in [0, 0.05) is 29.8 Å². The normalized spacial score (nSPS) is 16.6. The van der Waals surface area contributed by atoms with Gasteiger partial charge in [0.15, 0.2) is 0 Å². The van der Waals surface area contributed by atoms with E-state index in [4.69, 9.17) is 4.98 Å². The monoisotopic (exact) mass is 617 g/mol. The first-order valence-electron chi connectivity index (χ1n) is 15.4. The van der Waals surface area contributed by atoms with Crippen LogP contribution in [0.5, 0.6) is 0 Å². The van der Waals surface area contributed by atoms with Gasteiger partial charge >= 0.3 is 6.09 Å². The van der Waals surface area contributed by atoms with Crippen molar-refractivity contribution in [2.24, 2.45) is 5.41 Å². The van der Waals surface area contributed by atoms with Crippen LogP contribution < -0.4 is 10.6 Å². The predicted octanol–water partition coefficient (Wildman–Crippen LogP) is 7.68. The Morgan fingerprint density at radius 1 is 1.07 bits per heavy atom. The van der Waals surface area contributed by atoms with Gasteiger partial charge in [-0.05, 0) is 73.5 Å². The second-order valence-corrected chi connectivity index (χ2v) is 12.9. The average molecular weight is 618 g/mol. The van der Waals surface area contributed by atoms with E-state index in [2.05, 4.69) is 10.6 Å². The summed E-state index contributed by atoms with van der Waals surface area (Å²) in [7, 11) is 0. The minimum atomic E-state index is -2.62. The summed E-state index contributed by atoms with van der Waals surface area (Å²) in [5, 5.41) is 16.9. The summed E-state index contributed by atoms with van der Waals surface area (Å²) >= 11 is 0. The molecule has 0 radical (unpaired) electrons. The number of hydrogen-bond acceptors (Lipinski definition) is 4. The van der Waals surface area contributed by atoms with Crippen LogP contribution in [-0.4, -0.2) is 50.2 Å². The summed E-state index contributed by atoms with van der Waals surface area (Å²) in [4.78, 5) is 32.4. The van der Waals surface area contributed by atoms with Gasteiger partial charge in [-0.2, -0.15) is 0 Å². The van der Waals surface area contributed by atoms with E-state index in [9.17, 15) is 23.5 Å². The molecular weight excluding hydrogens is 576 g/mol. The van der Waals surface area contributed by atoms with Crippen LogP contribution in [0, 0.1) is 5.41 Å². The Bertz CT molecular complexity index is 1630. The van der Waals surface area contributed by atoms with Crippen molar-refractivity contribution in [2.45, 2.75) is 78.1 Å². The summed E-state index contributed by atoms with van der Waals surface area (Å²) in [5.74, 6) is -0.110. The van der Waals surface area contributed by atoms with Crippen molar-refractivity contribution in [3.63, 3.8) is 0 Å². The number of rotatable bonds is 10. The first-order valence-corrected chi connectivity index (χ1v) is 15.4. The minimum absolute atomic E-state index is 0.153. The molecule has 3 atom stereocenters. The number of halogens is 2. The van der Waals surface area contributed by atoms with Crippen LogP contribution in [0.2, 0.25) is 0 Å². The summed E-state index contributed by atoms with van der Waals surface area (Å²) in [6.45, 7) is 9.53. The van der Waals surface area contributed by atoms with E-state index in [0.717, 1.165) is 36.0 Å². The third-order valence-electron chi connectivity index (χ3n) is 8.87. The van der Waals surface area contributed by atoms with Crippen molar-refractivity contribution in [2.75, 3.05) is 11.9 Å². The zero-order valence-electron chi connectivity index (χ0n) is 26.1. The molecule has 1 aromatic heterocycles. The number of carboxylic acid groups (broad SMARTS) is 1. The second-order valence-electron chi connectivity index (χ2n) is 12.9. The van der Waals surface area contributed by atoms with Crippen molar-refractivity contribution in [1.82, 2.24) is 19.8 Å². The van der Waals surface area contributed by atoms with Gasteiger partial charge in [0.25, 0.3) is 12.3 Å². The molecule has 1 saturated heterocycles. The smallest absolute Gasteiger partial charge is 0.408 e. The SMILES string of the molecule is CC(N(C(=O)O)C(Cc1ccccc1)c1ccc2c(c1)nc(NC(=O)c1ccc(C(F)F)cc1)n2CC1CCCN1)C(C)(C)C. The van der Waals surface area contributed by atoms with E-state index >= 15 is 0 Å². The van der Waals surface area contributed by atoms with E-state index in [-0.39, 0.29) is 28.6 Å². The van der Waals surface area contributed by atoms with Crippen LogP contribution in [0.15, 0.2) is 72.8 Å². The highest BCUT2D eigenvalue weighted by molar-refractivity contribution is 6.04. The number of aromatic nitrogens is 2. The van der Waals surface area contributed by atoms with Crippen molar-refractivity contribution < 1.29 is 23.5 Å². The Morgan fingerprint density at radius 3 is 2.36 bits per heavy atom. The van der Waals surface area contributed by atoms with Crippen molar-refractivity contribution >= 4 is 29.0 Å². The molecular formula is C35H41F2N5O3. The molecule has 238 valence electrons. The molecule has 0 bridgehead atoms. The number of benzene rings is 3. The maximum Gasteiger partial charge on any atom is 0.408 e. The number of nitrogens with zero attached hydrogens (tertiary/aromatic N) is 3. The summed E-state index contributed by atoms with van der Waals surface area (Å²) in [6.07, 6.45) is -1.10. The largest absolute Gasteiger partial charge is 0.465 e. The molecule has 10 heteroatoms. The fourth-order valence-corrected chi connectivity index (χ4v) is 5.92. The topological polar surface area (TPSA) is 99.5 Å². The van der Waals surface area contributed by atoms with E-state index in [0.29, 0.717) is 24.4 Å². The fourth-order valence-electron chi connectivity index (χ4n) is 5.92. The summed E-state index contributed by atoms with van der Waals surface area (Å²) in [6, 6.07) is 20.3. The molecule has 3 unspecified atom stereocenters. The number of alkyl halides is 2. The Morgan fingerprint density at radius 2 is 1.76 bits per heavy atom. The summed E-state index contributed by atoms with van der Waals surface area (Å²) in [5.41, 5.74) is 3.03. The number of imidazole rings is 1. The Kier molecular flexibility index (Phi) is 9.53. The fraction of sp³-hybridized carbons (Fsp3) is 0.400. The van der Waals surface area contributed by atoms with Crippen LogP contribution in [0.3, 0.4) is 0 Å². The van der Waals surface area contributed by atoms with E-state index in [1.807, 2.05) is 80.8 Å². The lowest BCUT2D eigenvalue weighted by Crippen LogP contribution is -2.47. The van der Waals surface area contributed by atoms with Gasteiger partial charge in [-0.15, -0.1) is 0 Å². The van der Waals surface area contributed by atoms with Crippen LogP contribution >= 0.6 is 0 Å². The van der Waals surface area contributed by atoms with Gasteiger partial charge in [-0.1, -0.05) is 69.3 Å². The molecule has 1 aliphatic rings. The quantitative estimate of drug-likeness (QED) is 0.170. The highest BCUT2D eigenvalue weighted by Crippen LogP contribution is 2.35. The first kappa shape index (κ1) is 32.1. The number of fused-ring (bicyclic) bond motifs is 1. The van der Waals surface area contributed by atoms with Crippen LogP contribution in [0.4, 0.5) is 19.5 Å². The van der Waals surface area contributed by atoms with Crippen molar-refractivity contribution in [3.8, 4) is 0 Å². The molecule has 2 heterocycles. The zero-order chi connectivity index (χ0) is 32.3. The lowest BCUT2D eigenvalue weighted by molar-refractivity contribution is 0.0620. The molecule has 1 aliphatic heterocycles. The van der Waals surface area contributed by atoms with E-state index in [1.54, 1.807) is 4.90 Å². The molecule has 0 aliphatic carbocycles. The number of hydrogen-bond donors (Lipinski definition) is 3. The second kappa shape index (κ2) is 13.4. The number of amides is 2. The maximum atomic E-state index is 13.2. The zero-order valence-corrected chi connectivity index (χ0v) is 26.1. The summed E-state index contributed by atoms with van der Waals surface area (Å²) < 4.78 is 28.1. The van der Waals surface area contributed by atoms with E-state index in [1.165, 1.54) is 24.3 Å². The third kappa shape index (κ3) is 7.33. The van der Waals surface area contributed by atoms with Crippen LogP contribution in [0.1, 0.15) is 80.1 Å². The first-order chi connectivity index (χ1) is 21.4. The molecule has 2 amide bonds. The van der Waals surface area contributed by atoms with Gasteiger partial charge in [0.05, 0.1) is 17.1 Å². The lowest BCUT2D eigenvalue weighted by atomic mass is 9.84. The van der Waals surface area contributed by atoms with Crippen molar-refractivity contribution in [3.05, 3.63) is 95.1 Å². The number of nitrogens with one attached hydrogen (secondary N) is 2. The van der Waals surface area contributed by atoms with Crippen LogP contribution in [-0.2, 0) is 13.0 Å². The lowest BCUT2D eigenvalue weighted by Gasteiger charge is -2.41. The van der Waals surface area contributed by atoms with E-state index < -0.39 is 24.5 Å². The van der Waals surface area contributed by atoms with Gasteiger partial charge in [-0.3, -0.25) is 15.0 Å². The molecule has 1 fully saturated rings. The van der Waals surface area contributed by atoms with Crippen molar-refractivity contribution in [1.29, 1.82) is 0 Å². The molecule has 5 rings (SSSR count). The minimum Gasteiger partial charge on any atom is -0.465 e. The molecule has 4 aromatic rings. The van der Waals surface area contributed by atoms with Crippen LogP contribution in [0.25, 0.3) is 11.0 Å². The highest BCUT2D eigenvalue weighted by atomic mass is 19.3.